The zero-order chi connectivity index (χ0) is 31.7. The van der Waals surface area contributed by atoms with Crippen LogP contribution in [0.5, 0.6) is 0 Å². The largest absolute Gasteiger partial charge is 0.423 e. The lowest BCUT2D eigenvalue weighted by atomic mass is 9.98. The number of rotatable bonds is 7. The van der Waals surface area contributed by atoms with Crippen LogP contribution < -0.4 is 11.2 Å². The molecule has 0 spiro atoms. The predicted octanol–water partition coefficient (Wildman–Crippen LogP) is 5.46. The smallest absolute Gasteiger partial charge is 0.414 e. The third-order valence-corrected chi connectivity index (χ3v) is 11.9. The van der Waals surface area contributed by atoms with Gasteiger partial charge in [0.2, 0.25) is 0 Å². The van der Waals surface area contributed by atoms with Crippen molar-refractivity contribution in [3.05, 3.63) is 68.5 Å². The van der Waals surface area contributed by atoms with Crippen molar-refractivity contribution in [1.82, 2.24) is 9.13 Å². The molecule has 3 rings (SSSR count). The molecule has 0 radical (unpaired) electrons. The Labute approximate surface area is 244 Å². The molecular weight excluding hydrogens is 569 g/mol. The van der Waals surface area contributed by atoms with Crippen molar-refractivity contribution in [2.75, 3.05) is 13.2 Å². The van der Waals surface area contributed by atoms with Crippen LogP contribution in [-0.4, -0.2) is 48.8 Å². The molecule has 12 heteroatoms. The van der Waals surface area contributed by atoms with E-state index in [4.69, 9.17) is 13.9 Å². The molecule has 0 unspecified atom stereocenters. The molecule has 230 valence electrons. The number of carbonyl (C=O) groups excluding carboxylic acids is 1. The first-order valence-electron chi connectivity index (χ1n) is 13.7. The van der Waals surface area contributed by atoms with Crippen molar-refractivity contribution >= 4 is 14.2 Å². The van der Waals surface area contributed by atoms with Gasteiger partial charge >= 0.3 is 11.9 Å². The molecule has 0 bridgehead atoms. The minimum absolute atomic E-state index is 0.00560. The number of aromatic nitrogens is 2. The number of carbonyl (C=O) groups is 1. The highest BCUT2D eigenvalue weighted by atomic mass is 28.4. The van der Waals surface area contributed by atoms with Crippen molar-refractivity contribution in [3.63, 3.8) is 0 Å². The van der Waals surface area contributed by atoms with Crippen molar-refractivity contribution in [3.8, 4) is 11.8 Å². The number of ether oxygens (including phenoxy) is 2. The summed E-state index contributed by atoms with van der Waals surface area (Å²) in [5.74, 6) is 4.83. The Kier molecular flexibility index (Phi) is 9.83. The molecule has 1 saturated heterocycles. The summed E-state index contributed by atoms with van der Waals surface area (Å²) >= 11 is 0. The maximum Gasteiger partial charge on any atom is 0.423 e. The van der Waals surface area contributed by atoms with Gasteiger partial charge < -0.3 is 13.9 Å². The minimum Gasteiger partial charge on any atom is -0.414 e. The average molecular weight is 609 g/mol. The molecule has 1 aliphatic heterocycles. The molecule has 8 nitrogen and oxygen atoms in total. The molecule has 1 fully saturated rings. The fourth-order valence-corrected chi connectivity index (χ4v) is 5.03. The van der Waals surface area contributed by atoms with Crippen molar-refractivity contribution in [2.24, 2.45) is 5.41 Å². The number of hydrogen-bond donors (Lipinski definition) is 0. The van der Waals surface area contributed by atoms with Gasteiger partial charge in [-0.25, -0.2) is 4.79 Å². The summed E-state index contributed by atoms with van der Waals surface area (Å²) < 4.78 is 61.0. The van der Waals surface area contributed by atoms with Gasteiger partial charge in [0.25, 0.3) is 11.5 Å². The molecule has 0 amide bonds. The first-order chi connectivity index (χ1) is 19.2. The van der Waals surface area contributed by atoms with E-state index in [2.05, 4.69) is 45.7 Å². The van der Waals surface area contributed by atoms with Gasteiger partial charge in [-0.2, -0.15) is 17.7 Å². The van der Waals surface area contributed by atoms with Gasteiger partial charge in [0.05, 0.1) is 12.7 Å². The van der Waals surface area contributed by atoms with Crippen molar-refractivity contribution < 1.29 is 31.9 Å². The van der Waals surface area contributed by atoms with Gasteiger partial charge in [-0.3, -0.25) is 14.2 Å². The second-order valence-corrected chi connectivity index (χ2v) is 17.7. The monoisotopic (exact) mass is 608 g/mol. The summed E-state index contributed by atoms with van der Waals surface area (Å²) in [5, 5.41) is -0.120. The number of halogens is 3. The van der Waals surface area contributed by atoms with Crippen LogP contribution in [0.4, 0.5) is 13.2 Å². The number of hydrogen-bond acceptors (Lipinski definition) is 6. The third kappa shape index (κ3) is 7.89. The lowest BCUT2D eigenvalue weighted by molar-refractivity contribution is -0.139. The molecule has 3 atom stereocenters. The molecule has 0 N–H and O–H groups in total. The Bertz CT molecular complexity index is 1460. The van der Waals surface area contributed by atoms with E-state index in [1.54, 1.807) is 6.07 Å². The molecule has 1 aromatic carbocycles. The van der Waals surface area contributed by atoms with Crippen LogP contribution in [0.1, 0.15) is 70.1 Å². The second-order valence-electron chi connectivity index (χ2n) is 12.9. The summed E-state index contributed by atoms with van der Waals surface area (Å²) in [6.45, 7) is 16.3. The highest BCUT2D eigenvalue weighted by Crippen LogP contribution is 2.38. The standard InChI is InChI=1S/C30H39F3N2O6Si/c1-28(2,3)15-12-16-39-22-17-24(41-23(22)19-40-42(7,8)29(4,5)6)34-18-21(30(31,32)33)26(37)35(27(34)38)25(36)20-13-10-9-11-14-20/h9-11,13-14,18,22-24H,16-17,19H2,1-8H3/t22-,23+,24+/m0/s1. The minimum atomic E-state index is -5.13. The Balaban J connectivity index is 2.04. The molecule has 1 aliphatic rings. The maximum absolute atomic E-state index is 14.0. The highest BCUT2D eigenvalue weighted by Gasteiger charge is 2.44. The summed E-state index contributed by atoms with van der Waals surface area (Å²) in [5.41, 5.74) is -5.04. The lowest BCUT2D eigenvalue weighted by Crippen LogP contribution is -2.47. The Morgan fingerprint density at radius 3 is 2.24 bits per heavy atom. The van der Waals surface area contributed by atoms with Gasteiger partial charge in [-0.15, -0.1) is 0 Å². The molecular formula is C30H39F3N2O6Si. The zero-order valence-electron chi connectivity index (χ0n) is 25.3. The van der Waals surface area contributed by atoms with E-state index in [0.29, 0.717) is 10.8 Å². The van der Waals surface area contributed by atoms with E-state index >= 15 is 0 Å². The van der Waals surface area contributed by atoms with Crippen LogP contribution in [0.15, 0.2) is 46.1 Å². The van der Waals surface area contributed by atoms with E-state index in [9.17, 15) is 27.6 Å². The van der Waals surface area contributed by atoms with Crippen LogP contribution in [0, 0.1) is 17.3 Å². The van der Waals surface area contributed by atoms with Gasteiger partial charge in [0.15, 0.2) is 8.32 Å². The summed E-state index contributed by atoms with van der Waals surface area (Å²) in [6, 6.07) is 7.15. The molecule has 2 heterocycles. The second kappa shape index (κ2) is 12.3. The van der Waals surface area contributed by atoms with Crippen LogP contribution >= 0.6 is 0 Å². The first-order valence-corrected chi connectivity index (χ1v) is 16.6. The van der Waals surface area contributed by atoms with E-state index in [0.717, 1.165) is 0 Å². The molecule has 0 saturated carbocycles. The van der Waals surface area contributed by atoms with Crippen LogP contribution in [0.25, 0.3) is 0 Å². The van der Waals surface area contributed by atoms with Crippen molar-refractivity contribution in [2.45, 2.75) is 90.7 Å². The van der Waals surface area contributed by atoms with Gasteiger partial charge in [0.1, 0.15) is 24.5 Å². The van der Waals surface area contributed by atoms with Gasteiger partial charge in [-0.1, -0.05) is 50.8 Å². The van der Waals surface area contributed by atoms with E-state index < -0.39 is 55.6 Å². The average Bonchev–Trinajstić information content (AvgIpc) is 3.26. The van der Waals surface area contributed by atoms with Gasteiger partial charge in [-0.05, 0) is 51.0 Å². The van der Waals surface area contributed by atoms with E-state index in [-0.39, 0.29) is 40.2 Å². The summed E-state index contributed by atoms with van der Waals surface area (Å²) in [4.78, 5) is 39.4. The topological polar surface area (TPSA) is 88.8 Å². The quantitative estimate of drug-likeness (QED) is 0.307. The van der Waals surface area contributed by atoms with E-state index in [1.807, 2.05) is 20.8 Å². The normalized spacial score (nSPS) is 19.8. The summed E-state index contributed by atoms with van der Waals surface area (Å²) in [6.07, 6.45) is -7.43. The molecule has 1 aromatic heterocycles. The van der Waals surface area contributed by atoms with Crippen LogP contribution in [0.2, 0.25) is 18.1 Å². The predicted molar refractivity (Wildman–Crippen MR) is 155 cm³/mol. The Hall–Kier alpha value is -2.98. The number of nitrogens with zero attached hydrogens (tertiary/aromatic N) is 2. The molecule has 42 heavy (non-hydrogen) atoms. The zero-order valence-corrected chi connectivity index (χ0v) is 26.3. The Morgan fingerprint density at radius 2 is 1.69 bits per heavy atom. The fraction of sp³-hybridized carbons (Fsp3) is 0.567. The number of benzene rings is 1. The van der Waals surface area contributed by atoms with Crippen molar-refractivity contribution in [1.29, 1.82) is 0 Å². The first kappa shape index (κ1) is 33.5. The van der Waals surface area contributed by atoms with E-state index in [1.165, 1.54) is 24.3 Å². The SMILES string of the molecule is CC(C)(C)C#CCO[C@H]1C[C@H](n2cc(C(F)(F)F)c(=O)n(C(=O)c3ccccc3)c2=O)O[C@@H]1CO[Si](C)(C)C(C)(C)C. The fourth-order valence-electron chi connectivity index (χ4n) is 4.02. The number of alkyl halides is 3. The van der Waals surface area contributed by atoms with Crippen LogP contribution in [-0.2, 0) is 20.1 Å². The Morgan fingerprint density at radius 1 is 1.07 bits per heavy atom. The third-order valence-electron chi connectivity index (χ3n) is 7.38. The highest BCUT2D eigenvalue weighted by molar-refractivity contribution is 6.74. The van der Waals surface area contributed by atoms with Crippen LogP contribution in [0.3, 0.4) is 0 Å². The lowest BCUT2D eigenvalue weighted by Gasteiger charge is -2.37. The maximum atomic E-state index is 14.0. The summed E-state index contributed by atoms with van der Waals surface area (Å²) in [7, 11) is -2.25. The molecule has 2 aromatic rings. The van der Waals surface area contributed by atoms with Gasteiger partial charge in [0, 0.05) is 23.6 Å². The molecule has 0 aliphatic carbocycles.